The molecule has 1 aliphatic rings. The molecule has 3 aromatic rings. The van der Waals surface area contributed by atoms with Crippen molar-refractivity contribution >= 4 is 15.9 Å². The second kappa shape index (κ2) is 10.8. The van der Waals surface area contributed by atoms with Crippen LogP contribution in [0.5, 0.6) is 0 Å². The standard InChI is InChI=1S/C27H33N3O4S/c1-21(2)30(20-25-13-12-22(3)34-25)27(31)24-10-7-11-26(18-24)35(32,33)29-16-14-28(15-17-29)19-23-8-5-4-6-9-23/h4-13,18,21H,14-17,19-20H2,1-3H3. The second-order valence-corrected chi connectivity index (χ2v) is 11.2. The molecule has 35 heavy (non-hydrogen) atoms. The van der Waals surface area contributed by atoms with Gasteiger partial charge in [0.25, 0.3) is 5.91 Å². The molecule has 7 nitrogen and oxygen atoms in total. The number of furan rings is 1. The van der Waals surface area contributed by atoms with E-state index in [2.05, 4.69) is 17.0 Å². The molecule has 0 radical (unpaired) electrons. The van der Waals surface area contributed by atoms with E-state index < -0.39 is 10.0 Å². The Balaban J connectivity index is 1.45. The number of rotatable bonds is 8. The third-order valence-electron chi connectivity index (χ3n) is 6.31. The van der Waals surface area contributed by atoms with Gasteiger partial charge in [0.05, 0.1) is 11.4 Å². The van der Waals surface area contributed by atoms with Gasteiger partial charge in [-0.2, -0.15) is 4.31 Å². The minimum Gasteiger partial charge on any atom is -0.464 e. The van der Waals surface area contributed by atoms with Gasteiger partial charge in [-0.15, -0.1) is 0 Å². The van der Waals surface area contributed by atoms with Crippen LogP contribution in [0.2, 0.25) is 0 Å². The summed E-state index contributed by atoms with van der Waals surface area (Å²) in [6.07, 6.45) is 0. The van der Waals surface area contributed by atoms with Gasteiger partial charge in [-0.05, 0) is 56.7 Å². The first-order chi connectivity index (χ1) is 16.7. The van der Waals surface area contributed by atoms with Crippen LogP contribution >= 0.6 is 0 Å². The minimum absolute atomic E-state index is 0.0779. The molecule has 2 heterocycles. The van der Waals surface area contributed by atoms with E-state index in [0.29, 0.717) is 44.0 Å². The number of hydrogen-bond donors (Lipinski definition) is 0. The van der Waals surface area contributed by atoms with Crippen LogP contribution in [-0.4, -0.2) is 60.7 Å². The summed E-state index contributed by atoms with van der Waals surface area (Å²) < 4.78 is 34.0. The first-order valence-corrected chi connectivity index (χ1v) is 13.4. The number of nitrogens with zero attached hydrogens (tertiary/aromatic N) is 3. The van der Waals surface area contributed by atoms with Crippen LogP contribution < -0.4 is 0 Å². The molecule has 0 saturated carbocycles. The quantitative estimate of drug-likeness (QED) is 0.470. The van der Waals surface area contributed by atoms with Gasteiger partial charge in [0, 0.05) is 44.3 Å². The highest BCUT2D eigenvalue weighted by Crippen LogP contribution is 2.22. The Bertz CT molecular complexity index is 1250. The average molecular weight is 496 g/mol. The van der Waals surface area contributed by atoms with E-state index in [0.717, 1.165) is 12.3 Å². The van der Waals surface area contributed by atoms with Crippen LogP contribution in [0.25, 0.3) is 0 Å². The summed E-state index contributed by atoms with van der Waals surface area (Å²) in [5.41, 5.74) is 1.57. The van der Waals surface area contributed by atoms with E-state index in [1.165, 1.54) is 15.9 Å². The van der Waals surface area contributed by atoms with Gasteiger partial charge in [-0.1, -0.05) is 36.4 Å². The van der Waals surface area contributed by atoms with E-state index in [4.69, 9.17) is 4.42 Å². The van der Waals surface area contributed by atoms with Crippen molar-refractivity contribution in [1.82, 2.24) is 14.1 Å². The van der Waals surface area contributed by atoms with Crippen molar-refractivity contribution in [2.75, 3.05) is 26.2 Å². The third-order valence-corrected chi connectivity index (χ3v) is 8.20. The lowest BCUT2D eigenvalue weighted by Gasteiger charge is -2.34. The number of amides is 1. The van der Waals surface area contributed by atoms with E-state index in [9.17, 15) is 13.2 Å². The van der Waals surface area contributed by atoms with E-state index in [1.54, 1.807) is 23.1 Å². The molecule has 1 aliphatic heterocycles. The Morgan fingerprint density at radius 2 is 1.69 bits per heavy atom. The van der Waals surface area contributed by atoms with Gasteiger partial charge in [-0.25, -0.2) is 8.42 Å². The highest BCUT2D eigenvalue weighted by atomic mass is 32.2. The zero-order chi connectivity index (χ0) is 25.0. The Hall–Kier alpha value is -2.94. The van der Waals surface area contributed by atoms with Crippen molar-refractivity contribution < 1.29 is 17.6 Å². The maximum Gasteiger partial charge on any atom is 0.254 e. The van der Waals surface area contributed by atoms with Crippen LogP contribution in [0.15, 0.2) is 76.0 Å². The number of carbonyl (C=O) groups is 1. The third kappa shape index (κ3) is 6.01. The topological polar surface area (TPSA) is 74.1 Å². The Morgan fingerprint density at radius 3 is 2.31 bits per heavy atom. The Labute approximate surface area is 208 Å². The van der Waals surface area contributed by atoms with E-state index in [1.807, 2.05) is 51.1 Å². The van der Waals surface area contributed by atoms with Gasteiger partial charge in [0.2, 0.25) is 10.0 Å². The molecule has 1 amide bonds. The molecule has 0 unspecified atom stereocenters. The molecule has 186 valence electrons. The van der Waals surface area contributed by atoms with E-state index >= 15 is 0 Å². The maximum absolute atomic E-state index is 13.4. The molecule has 4 rings (SSSR count). The van der Waals surface area contributed by atoms with Crippen LogP contribution in [0.1, 0.15) is 41.3 Å². The van der Waals surface area contributed by atoms with Gasteiger partial charge in [-0.3, -0.25) is 9.69 Å². The summed E-state index contributed by atoms with van der Waals surface area (Å²) in [7, 11) is -3.70. The zero-order valence-corrected chi connectivity index (χ0v) is 21.4. The summed E-state index contributed by atoms with van der Waals surface area (Å²) in [6, 6.07) is 20.2. The minimum atomic E-state index is -3.70. The lowest BCUT2D eigenvalue weighted by molar-refractivity contribution is 0.0675. The largest absolute Gasteiger partial charge is 0.464 e. The van der Waals surface area contributed by atoms with Crippen LogP contribution in [0.3, 0.4) is 0 Å². The molecule has 1 fully saturated rings. The van der Waals surface area contributed by atoms with Crippen molar-refractivity contribution in [1.29, 1.82) is 0 Å². The van der Waals surface area contributed by atoms with Crippen LogP contribution in [0, 0.1) is 6.92 Å². The second-order valence-electron chi connectivity index (χ2n) is 9.23. The van der Waals surface area contributed by atoms with Crippen LogP contribution in [-0.2, 0) is 23.1 Å². The SMILES string of the molecule is Cc1ccc(CN(C(=O)c2cccc(S(=O)(=O)N3CCN(Cc4ccccc4)CC3)c2)C(C)C)o1. The number of carbonyl (C=O) groups excluding carboxylic acids is 1. The summed E-state index contributed by atoms with van der Waals surface area (Å²) >= 11 is 0. The van der Waals surface area contributed by atoms with Gasteiger partial charge in [0.1, 0.15) is 11.5 Å². The maximum atomic E-state index is 13.4. The number of sulfonamides is 1. The Morgan fingerprint density at radius 1 is 0.971 bits per heavy atom. The van der Waals surface area contributed by atoms with Gasteiger partial charge >= 0.3 is 0 Å². The average Bonchev–Trinajstić information content (AvgIpc) is 3.27. The van der Waals surface area contributed by atoms with Crippen LogP contribution in [0.4, 0.5) is 0 Å². The lowest BCUT2D eigenvalue weighted by Crippen LogP contribution is -2.48. The van der Waals surface area contributed by atoms with Crippen molar-refractivity contribution in [3.05, 3.63) is 89.4 Å². The van der Waals surface area contributed by atoms with E-state index in [-0.39, 0.29) is 16.8 Å². The molecule has 2 aromatic carbocycles. The number of aryl methyl sites for hydroxylation is 1. The smallest absolute Gasteiger partial charge is 0.254 e. The summed E-state index contributed by atoms with van der Waals surface area (Å²) in [5.74, 6) is 1.26. The molecular formula is C27H33N3O4S. The molecule has 8 heteroatoms. The van der Waals surface area contributed by atoms with Crippen molar-refractivity contribution in [2.45, 2.75) is 44.8 Å². The molecule has 1 saturated heterocycles. The highest BCUT2D eigenvalue weighted by molar-refractivity contribution is 7.89. The van der Waals surface area contributed by atoms with Crippen molar-refractivity contribution in [3.63, 3.8) is 0 Å². The summed E-state index contributed by atoms with van der Waals surface area (Å²) in [6.45, 7) is 9.02. The highest BCUT2D eigenvalue weighted by Gasteiger charge is 2.30. The fraction of sp³-hybridized carbons (Fsp3) is 0.370. The summed E-state index contributed by atoms with van der Waals surface area (Å²) in [5, 5.41) is 0. The predicted molar refractivity (Wildman–Crippen MR) is 135 cm³/mol. The molecule has 0 aliphatic carbocycles. The number of hydrogen-bond acceptors (Lipinski definition) is 5. The van der Waals surface area contributed by atoms with Gasteiger partial charge < -0.3 is 9.32 Å². The van der Waals surface area contributed by atoms with Gasteiger partial charge in [0.15, 0.2) is 0 Å². The number of piperazine rings is 1. The number of benzene rings is 2. The molecule has 0 atom stereocenters. The summed E-state index contributed by atoms with van der Waals surface area (Å²) in [4.78, 5) is 17.4. The predicted octanol–water partition coefficient (Wildman–Crippen LogP) is 4.15. The first kappa shape index (κ1) is 25.2. The fourth-order valence-electron chi connectivity index (χ4n) is 4.30. The Kier molecular flexibility index (Phi) is 7.74. The monoisotopic (exact) mass is 495 g/mol. The zero-order valence-electron chi connectivity index (χ0n) is 20.6. The molecule has 0 bridgehead atoms. The first-order valence-electron chi connectivity index (χ1n) is 12.0. The molecule has 0 spiro atoms. The lowest BCUT2D eigenvalue weighted by atomic mass is 10.1. The van der Waals surface area contributed by atoms with Crippen molar-refractivity contribution in [3.8, 4) is 0 Å². The molecular weight excluding hydrogens is 462 g/mol. The van der Waals surface area contributed by atoms with Crippen molar-refractivity contribution in [2.24, 2.45) is 0 Å². The normalized spacial score (nSPS) is 15.4. The molecule has 0 N–H and O–H groups in total. The fourth-order valence-corrected chi connectivity index (χ4v) is 5.77. The molecule has 1 aromatic heterocycles.